The topological polar surface area (TPSA) is 49.3 Å². The van der Waals surface area contributed by atoms with Crippen molar-refractivity contribution >= 4 is 17.5 Å². The Balaban J connectivity index is 2.52. The molecular weight excluding hydrogens is 238 g/mol. The smallest absolute Gasteiger partial charge is 0.252 e. The molecule has 1 aromatic carbocycles. The van der Waals surface area contributed by atoms with Gasteiger partial charge in [0.1, 0.15) is 0 Å². The normalized spacial score (nSPS) is 12.2. The summed E-state index contributed by atoms with van der Waals surface area (Å²) in [6.45, 7) is 4.28. The molecule has 0 aliphatic rings. The molecular formula is C13H18ClNO2. The summed E-state index contributed by atoms with van der Waals surface area (Å²) in [7, 11) is 0. The molecule has 0 aliphatic carbocycles. The minimum Gasteiger partial charge on any atom is -0.393 e. The Morgan fingerprint density at radius 2 is 2.24 bits per heavy atom. The maximum atomic E-state index is 11.8. The fourth-order valence-electron chi connectivity index (χ4n) is 1.46. The van der Waals surface area contributed by atoms with Crippen LogP contribution in [0.4, 0.5) is 0 Å². The molecule has 0 fully saturated rings. The Morgan fingerprint density at radius 1 is 1.53 bits per heavy atom. The van der Waals surface area contributed by atoms with Gasteiger partial charge in [-0.05, 0) is 37.5 Å². The number of amides is 1. The standard InChI is InChI=1S/C13H18ClNO2/c1-3-10(16)6-7-15-13(17)11-5-4-9(2)8-12(11)14/h4-5,8,10,16H,3,6-7H2,1-2H3,(H,15,17). The van der Waals surface area contributed by atoms with Crippen molar-refractivity contribution in [2.45, 2.75) is 32.8 Å². The van der Waals surface area contributed by atoms with Crippen molar-refractivity contribution in [3.8, 4) is 0 Å². The lowest BCUT2D eigenvalue weighted by molar-refractivity contribution is 0.0942. The summed E-state index contributed by atoms with van der Waals surface area (Å²) in [5.41, 5.74) is 1.50. The highest BCUT2D eigenvalue weighted by molar-refractivity contribution is 6.33. The number of rotatable bonds is 5. The molecule has 1 aromatic rings. The lowest BCUT2D eigenvalue weighted by atomic mass is 10.1. The zero-order valence-electron chi connectivity index (χ0n) is 10.2. The number of halogens is 1. The molecule has 0 aromatic heterocycles. The van der Waals surface area contributed by atoms with E-state index in [1.807, 2.05) is 19.9 Å². The van der Waals surface area contributed by atoms with E-state index in [1.54, 1.807) is 12.1 Å². The number of hydrogen-bond donors (Lipinski definition) is 2. The maximum Gasteiger partial charge on any atom is 0.252 e. The molecule has 94 valence electrons. The summed E-state index contributed by atoms with van der Waals surface area (Å²) in [6, 6.07) is 5.32. The number of aliphatic hydroxyl groups excluding tert-OH is 1. The minimum atomic E-state index is -0.358. The van der Waals surface area contributed by atoms with Crippen molar-refractivity contribution in [3.05, 3.63) is 34.3 Å². The molecule has 0 spiro atoms. The minimum absolute atomic E-state index is 0.196. The van der Waals surface area contributed by atoms with E-state index in [4.69, 9.17) is 11.6 Å². The lowest BCUT2D eigenvalue weighted by Crippen LogP contribution is -2.27. The fraction of sp³-hybridized carbons (Fsp3) is 0.462. The van der Waals surface area contributed by atoms with Crippen molar-refractivity contribution < 1.29 is 9.90 Å². The van der Waals surface area contributed by atoms with E-state index in [1.165, 1.54) is 0 Å². The van der Waals surface area contributed by atoms with Crippen LogP contribution < -0.4 is 5.32 Å². The highest BCUT2D eigenvalue weighted by Gasteiger charge is 2.10. The summed E-state index contributed by atoms with van der Waals surface area (Å²) in [4.78, 5) is 11.8. The van der Waals surface area contributed by atoms with E-state index >= 15 is 0 Å². The summed E-state index contributed by atoms with van der Waals surface area (Å²) in [5, 5.41) is 12.6. The molecule has 0 saturated carbocycles. The van der Waals surface area contributed by atoms with Crippen LogP contribution in [-0.2, 0) is 0 Å². The highest BCUT2D eigenvalue weighted by Crippen LogP contribution is 2.17. The van der Waals surface area contributed by atoms with Gasteiger partial charge in [-0.25, -0.2) is 0 Å². The third-order valence-electron chi connectivity index (χ3n) is 2.60. The van der Waals surface area contributed by atoms with Gasteiger partial charge in [-0.3, -0.25) is 4.79 Å². The summed E-state index contributed by atoms with van der Waals surface area (Å²) < 4.78 is 0. The van der Waals surface area contributed by atoms with E-state index in [0.717, 1.165) is 5.56 Å². The van der Waals surface area contributed by atoms with Crippen molar-refractivity contribution in [2.75, 3.05) is 6.54 Å². The van der Waals surface area contributed by atoms with Gasteiger partial charge in [0.2, 0.25) is 0 Å². The van der Waals surface area contributed by atoms with Crippen LogP contribution in [0.2, 0.25) is 5.02 Å². The highest BCUT2D eigenvalue weighted by atomic mass is 35.5. The van der Waals surface area contributed by atoms with Gasteiger partial charge < -0.3 is 10.4 Å². The molecule has 17 heavy (non-hydrogen) atoms. The number of aryl methyl sites for hydroxylation is 1. The first-order valence-corrected chi connectivity index (χ1v) is 6.14. The molecule has 4 heteroatoms. The molecule has 1 amide bonds. The molecule has 3 nitrogen and oxygen atoms in total. The number of carbonyl (C=O) groups excluding carboxylic acids is 1. The van der Waals surface area contributed by atoms with E-state index in [0.29, 0.717) is 30.0 Å². The van der Waals surface area contributed by atoms with E-state index in [9.17, 15) is 9.90 Å². The Hall–Kier alpha value is -1.06. The zero-order chi connectivity index (χ0) is 12.8. The molecule has 0 heterocycles. The second-order valence-electron chi connectivity index (χ2n) is 4.09. The first kappa shape index (κ1) is 14.0. The van der Waals surface area contributed by atoms with Crippen LogP contribution in [0.5, 0.6) is 0 Å². The second kappa shape index (κ2) is 6.62. The van der Waals surface area contributed by atoms with Gasteiger partial charge in [0.15, 0.2) is 0 Å². The van der Waals surface area contributed by atoms with Crippen LogP contribution in [-0.4, -0.2) is 23.7 Å². The third kappa shape index (κ3) is 4.36. The monoisotopic (exact) mass is 255 g/mol. The molecule has 1 unspecified atom stereocenters. The largest absolute Gasteiger partial charge is 0.393 e. The van der Waals surface area contributed by atoms with Gasteiger partial charge in [0, 0.05) is 6.54 Å². The van der Waals surface area contributed by atoms with Gasteiger partial charge in [0.25, 0.3) is 5.91 Å². The van der Waals surface area contributed by atoms with Crippen molar-refractivity contribution in [1.29, 1.82) is 0 Å². The van der Waals surface area contributed by atoms with Crippen LogP contribution in [0.3, 0.4) is 0 Å². The molecule has 0 radical (unpaired) electrons. The van der Waals surface area contributed by atoms with Crippen molar-refractivity contribution in [2.24, 2.45) is 0 Å². The SMILES string of the molecule is CCC(O)CCNC(=O)c1ccc(C)cc1Cl. The number of hydrogen-bond acceptors (Lipinski definition) is 2. The van der Waals surface area contributed by atoms with Gasteiger partial charge in [-0.2, -0.15) is 0 Å². The van der Waals surface area contributed by atoms with Crippen LogP contribution in [0.15, 0.2) is 18.2 Å². The predicted molar refractivity (Wildman–Crippen MR) is 69.4 cm³/mol. The number of aliphatic hydroxyl groups is 1. The zero-order valence-corrected chi connectivity index (χ0v) is 10.9. The summed E-state index contributed by atoms with van der Waals surface area (Å²) in [6.07, 6.45) is 0.899. The average Bonchev–Trinajstić information content (AvgIpc) is 2.28. The molecule has 0 saturated heterocycles. The summed E-state index contributed by atoms with van der Waals surface area (Å²) >= 11 is 5.98. The Kier molecular flexibility index (Phi) is 5.45. The quantitative estimate of drug-likeness (QED) is 0.850. The molecule has 0 aliphatic heterocycles. The molecule has 0 bridgehead atoms. The third-order valence-corrected chi connectivity index (χ3v) is 2.92. The Labute approximate surface area is 107 Å². The number of carbonyl (C=O) groups is 1. The van der Waals surface area contributed by atoms with Crippen LogP contribution in [0, 0.1) is 6.92 Å². The first-order chi connectivity index (χ1) is 8.04. The maximum absolute atomic E-state index is 11.8. The Morgan fingerprint density at radius 3 is 2.82 bits per heavy atom. The van der Waals surface area contributed by atoms with E-state index < -0.39 is 0 Å². The van der Waals surface area contributed by atoms with Gasteiger partial charge in [-0.1, -0.05) is 24.6 Å². The number of nitrogens with one attached hydrogen (secondary N) is 1. The van der Waals surface area contributed by atoms with E-state index in [2.05, 4.69) is 5.32 Å². The fourth-order valence-corrected chi connectivity index (χ4v) is 1.78. The van der Waals surface area contributed by atoms with Crippen LogP contribution in [0.1, 0.15) is 35.7 Å². The predicted octanol–water partition coefficient (Wildman–Crippen LogP) is 2.54. The second-order valence-corrected chi connectivity index (χ2v) is 4.50. The van der Waals surface area contributed by atoms with Crippen molar-refractivity contribution in [1.82, 2.24) is 5.32 Å². The molecule has 1 atom stereocenters. The molecule has 1 rings (SSSR count). The lowest BCUT2D eigenvalue weighted by Gasteiger charge is -2.09. The van der Waals surface area contributed by atoms with Gasteiger partial charge in [-0.15, -0.1) is 0 Å². The summed E-state index contributed by atoms with van der Waals surface area (Å²) in [5.74, 6) is -0.196. The van der Waals surface area contributed by atoms with E-state index in [-0.39, 0.29) is 12.0 Å². The van der Waals surface area contributed by atoms with Gasteiger partial charge in [0.05, 0.1) is 16.7 Å². The van der Waals surface area contributed by atoms with Gasteiger partial charge >= 0.3 is 0 Å². The molecule has 2 N–H and O–H groups in total. The first-order valence-electron chi connectivity index (χ1n) is 5.77. The van der Waals surface area contributed by atoms with Crippen LogP contribution >= 0.6 is 11.6 Å². The average molecular weight is 256 g/mol. The number of benzene rings is 1. The van der Waals surface area contributed by atoms with Crippen molar-refractivity contribution in [3.63, 3.8) is 0 Å². The van der Waals surface area contributed by atoms with Crippen LogP contribution in [0.25, 0.3) is 0 Å². The Bertz CT molecular complexity index is 393.